The Bertz CT molecular complexity index is 982. The summed E-state index contributed by atoms with van der Waals surface area (Å²) in [4.78, 5) is 28.7. The Morgan fingerprint density at radius 1 is 1.06 bits per heavy atom. The molecule has 0 saturated carbocycles. The normalized spacial score (nSPS) is 24.0. The van der Waals surface area contributed by atoms with Crippen LogP contribution >= 0.6 is 0 Å². The maximum absolute atomic E-state index is 12.9. The smallest absolute Gasteiger partial charge is 0.318 e. The SMILES string of the molecule is CN1CCCC1.COc1nc2c(c(N3CC4CCC(C3)N4)n1)CC(=O)N(Cc1ccccc1)C2. The number of anilines is 1. The van der Waals surface area contributed by atoms with Crippen LogP contribution in [0.3, 0.4) is 0 Å². The van der Waals surface area contributed by atoms with Crippen molar-refractivity contribution in [2.75, 3.05) is 45.2 Å². The molecule has 182 valence electrons. The van der Waals surface area contributed by atoms with Crippen molar-refractivity contribution < 1.29 is 9.53 Å². The summed E-state index contributed by atoms with van der Waals surface area (Å²) in [7, 11) is 3.77. The van der Waals surface area contributed by atoms with Gasteiger partial charge in [-0.3, -0.25) is 4.79 Å². The molecular formula is C26H36N6O2. The molecule has 2 aromatic rings. The molecule has 8 heteroatoms. The lowest BCUT2D eigenvalue weighted by molar-refractivity contribution is -0.132. The number of carbonyl (C=O) groups excluding carboxylic acids is 1. The first kappa shape index (κ1) is 23.1. The number of hydrogen-bond donors (Lipinski definition) is 1. The Labute approximate surface area is 202 Å². The molecule has 34 heavy (non-hydrogen) atoms. The maximum atomic E-state index is 12.9. The predicted molar refractivity (Wildman–Crippen MR) is 132 cm³/mol. The van der Waals surface area contributed by atoms with Crippen LogP contribution in [0.25, 0.3) is 0 Å². The molecule has 2 atom stereocenters. The molecule has 4 aliphatic rings. The third kappa shape index (κ3) is 5.18. The van der Waals surface area contributed by atoms with Gasteiger partial charge in [-0.2, -0.15) is 9.97 Å². The van der Waals surface area contributed by atoms with E-state index in [2.05, 4.69) is 32.1 Å². The van der Waals surface area contributed by atoms with Crippen LogP contribution in [0.4, 0.5) is 5.82 Å². The monoisotopic (exact) mass is 464 g/mol. The highest BCUT2D eigenvalue weighted by Crippen LogP contribution is 2.32. The number of aromatic nitrogens is 2. The summed E-state index contributed by atoms with van der Waals surface area (Å²) in [5.41, 5.74) is 3.00. The Hall–Kier alpha value is -2.71. The van der Waals surface area contributed by atoms with Crippen LogP contribution in [0.2, 0.25) is 0 Å². The number of nitrogens with one attached hydrogen (secondary N) is 1. The molecule has 3 fully saturated rings. The van der Waals surface area contributed by atoms with E-state index in [-0.39, 0.29) is 5.91 Å². The van der Waals surface area contributed by atoms with E-state index in [1.807, 2.05) is 35.2 Å². The minimum absolute atomic E-state index is 0.129. The van der Waals surface area contributed by atoms with Crippen LogP contribution in [-0.2, 0) is 24.3 Å². The van der Waals surface area contributed by atoms with Gasteiger partial charge in [0.05, 0.1) is 25.8 Å². The number of benzene rings is 1. The summed E-state index contributed by atoms with van der Waals surface area (Å²) in [6, 6.07) is 11.5. The molecular weight excluding hydrogens is 428 g/mol. The molecule has 2 unspecified atom stereocenters. The van der Waals surface area contributed by atoms with Gasteiger partial charge < -0.3 is 24.8 Å². The van der Waals surface area contributed by atoms with E-state index in [0.717, 1.165) is 35.7 Å². The van der Waals surface area contributed by atoms with Crippen molar-refractivity contribution in [2.45, 2.75) is 57.3 Å². The fourth-order valence-electron chi connectivity index (χ4n) is 5.48. The Balaban J connectivity index is 0.000000351. The number of fused-ring (bicyclic) bond motifs is 3. The quantitative estimate of drug-likeness (QED) is 0.744. The molecule has 0 aliphatic carbocycles. The topological polar surface area (TPSA) is 73.8 Å². The molecule has 1 N–H and O–H groups in total. The lowest BCUT2D eigenvalue weighted by Crippen LogP contribution is -2.52. The third-order valence-corrected chi connectivity index (χ3v) is 7.32. The van der Waals surface area contributed by atoms with E-state index in [4.69, 9.17) is 4.74 Å². The van der Waals surface area contributed by atoms with E-state index in [9.17, 15) is 4.79 Å². The second-order valence-electron chi connectivity index (χ2n) is 9.92. The lowest BCUT2D eigenvalue weighted by Gasteiger charge is -2.36. The molecule has 2 bridgehead atoms. The van der Waals surface area contributed by atoms with Crippen molar-refractivity contribution >= 4 is 11.7 Å². The van der Waals surface area contributed by atoms with E-state index in [0.29, 0.717) is 37.6 Å². The maximum Gasteiger partial charge on any atom is 0.318 e. The fraction of sp³-hybridized carbons (Fsp3) is 0.577. The van der Waals surface area contributed by atoms with Crippen LogP contribution in [0.1, 0.15) is 42.5 Å². The molecule has 8 nitrogen and oxygen atoms in total. The highest BCUT2D eigenvalue weighted by atomic mass is 16.5. The van der Waals surface area contributed by atoms with Crippen LogP contribution in [0, 0.1) is 0 Å². The van der Waals surface area contributed by atoms with Crippen LogP contribution < -0.4 is 15.0 Å². The average Bonchev–Trinajstić information content (AvgIpc) is 3.47. The van der Waals surface area contributed by atoms with Crippen LogP contribution in [0.5, 0.6) is 6.01 Å². The van der Waals surface area contributed by atoms with Gasteiger partial charge in [-0.15, -0.1) is 0 Å². The molecule has 1 aromatic carbocycles. The largest absolute Gasteiger partial charge is 0.467 e. The van der Waals surface area contributed by atoms with Crippen molar-refractivity contribution in [3.8, 4) is 6.01 Å². The first-order valence-electron chi connectivity index (χ1n) is 12.5. The standard InChI is InChI=1S/C21H25N5O2.C5H11N/c1-28-21-23-18-13-25(10-14-5-3-2-4-6-14)19(27)9-17(18)20(24-21)26-11-15-7-8-16(12-26)22-15;1-6-4-2-3-5-6/h2-6,15-16,22H,7-13H2,1H3;2-5H2,1H3. The second kappa shape index (κ2) is 10.3. The summed E-state index contributed by atoms with van der Waals surface area (Å²) in [5.74, 6) is 1.01. The van der Waals surface area contributed by atoms with E-state index >= 15 is 0 Å². The van der Waals surface area contributed by atoms with Gasteiger partial charge in [-0.25, -0.2) is 0 Å². The molecule has 1 aromatic heterocycles. The summed E-state index contributed by atoms with van der Waals surface area (Å²) >= 11 is 0. The number of methoxy groups -OCH3 is 1. The number of likely N-dealkylation sites (tertiary alicyclic amines) is 1. The molecule has 0 spiro atoms. The van der Waals surface area contributed by atoms with E-state index in [1.54, 1.807) is 7.11 Å². The molecule has 6 rings (SSSR count). The zero-order valence-corrected chi connectivity index (χ0v) is 20.4. The van der Waals surface area contributed by atoms with Gasteiger partial charge in [-0.1, -0.05) is 30.3 Å². The predicted octanol–water partition coefficient (Wildman–Crippen LogP) is 2.22. The Kier molecular flexibility index (Phi) is 6.97. The van der Waals surface area contributed by atoms with Crippen molar-refractivity contribution in [1.29, 1.82) is 0 Å². The summed E-state index contributed by atoms with van der Waals surface area (Å²) in [6.07, 6.45) is 5.58. The summed E-state index contributed by atoms with van der Waals surface area (Å²) in [6.45, 7) is 5.57. The molecule has 3 saturated heterocycles. The molecule has 0 radical (unpaired) electrons. The molecule has 4 aliphatic heterocycles. The van der Waals surface area contributed by atoms with Crippen LogP contribution in [0.15, 0.2) is 30.3 Å². The van der Waals surface area contributed by atoms with Crippen molar-refractivity contribution in [3.05, 3.63) is 47.2 Å². The summed E-state index contributed by atoms with van der Waals surface area (Å²) < 4.78 is 5.39. The zero-order chi connectivity index (χ0) is 23.5. The Morgan fingerprint density at radius 2 is 1.76 bits per heavy atom. The lowest BCUT2D eigenvalue weighted by atomic mass is 10.0. The van der Waals surface area contributed by atoms with Gasteiger partial charge in [0.1, 0.15) is 5.82 Å². The number of hydrogen-bond acceptors (Lipinski definition) is 7. The highest BCUT2D eigenvalue weighted by molar-refractivity contribution is 5.82. The van der Waals surface area contributed by atoms with Crippen molar-refractivity contribution in [1.82, 2.24) is 25.1 Å². The fourth-order valence-corrected chi connectivity index (χ4v) is 5.48. The van der Waals surface area contributed by atoms with Gasteiger partial charge in [0.25, 0.3) is 0 Å². The number of piperazine rings is 1. The van der Waals surface area contributed by atoms with Gasteiger partial charge in [0.15, 0.2) is 0 Å². The summed E-state index contributed by atoms with van der Waals surface area (Å²) in [5, 5.41) is 3.65. The van der Waals surface area contributed by atoms with Gasteiger partial charge in [-0.05, 0) is 51.4 Å². The van der Waals surface area contributed by atoms with Gasteiger partial charge >= 0.3 is 6.01 Å². The second-order valence-corrected chi connectivity index (χ2v) is 9.92. The average molecular weight is 465 g/mol. The van der Waals surface area contributed by atoms with Crippen molar-refractivity contribution in [2.24, 2.45) is 0 Å². The van der Waals surface area contributed by atoms with Crippen LogP contribution in [-0.4, -0.2) is 78.1 Å². The zero-order valence-electron chi connectivity index (χ0n) is 20.4. The minimum Gasteiger partial charge on any atom is -0.467 e. The van der Waals surface area contributed by atoms with E-state index in [1.165, 1.54) is 38.8 Å². The number of amides is 1. The first-order valence-corrected chi connectivity index (χ1v) is 12.5. The number of carbonyl (C=O) groups is 1. The molecule has 5 heterocycles. The number of rotatable bonds is 4. The van der Waals surface area contributed by atoms with Gasteiger partial charge in [0.2, 0.25) is 5.91 Å². The van der Waals surface area contributed by atoms with Gasteiger partial charge in [0, 0.05) is 37.3 Å². The number of ether oxygens (including phenoxy) is 1. The highest BCUT2D eigenvalue weighted by Gasteiger charge is 2.36. The minimum atomic E-state index is 0.129. The first-order chi connectivity index (χ1) is 16.6. The third-order valence-electron chi connectivity index (χ3n) is 7.32. The van der Waals surface area contributed by atoms with Crippen molar-refractivity contribution in [3.63, 3.8) is 0 Å². The Morgan fingerprint density at radius 3 is 2.38 bits per heavy atom. The number of nitrogens with zero attached hydrogens (tertiary/aromatic N) is 5. The van der Waals surface area contributed by atoms with E-state index < -0.39 is 0 Å². The molecule has 1 amide bonds.